The van der Waals surface area contributed by atoms with E-state index in [9.17, 15) is 25.0 Å². The van der Waals surface area contributed by atoms with Gasteiger partial charge in [-0.15, -0.1) is 0 Å². The van der Waals surface area contributed by atoms with Crippen LogP contribution in [0, 0.1) is 20.2 Å². The summed E-state index contributed by atoms with van der Waals surface area (Å²) in [4.78, 5) is 33.9. The van der Waals surface area contributed by atoms with E-state index in [4.69, 9.17) is 0 Å². The second-order valence-electron chi connectivity index (χ2n) is 4.49. The van der Waals surface area contributed by atoms with E-state index in [1.165, 1.54) is 11.0 Å². The van der Waals surface area contributed by atoms with E-state index >= 15 is 0 Å². The topological polar surface area (TPSA) is 107 Å². The van der Waals surface area contributed by atoms with Crippen LogP contribution < -0.4 is 4.90 Å². The molecule has 0 unspecified atom stereocenters. The Hall–Kier alpha value is -2.51. The molecule has 20 heavy (non-hydrogen) atoms. The molecule has 1 amide bonds. The van der Waals surface area contributed by atoms with Gasteiger partial charge in [0.15, 0.2) is 0 Å². The normalized spacial score (nSPS) is 13.8. The highest BCUT2D eigenvalue weighted by Gasteiger charge is 2.32. The lowest BCUT2D eigenvalue weighted by atomic mass is 9.99. The zero-order valence-electron chi connectivity index (χ0n) is 10.9. The van der Waals surface area contributed by atoms with E-state index in [1.807, 2.05) is 0 Å². The highest BCUT2D eigenvalue weighted by molar-refractivity contribution is 5.97. The smallest absolute Gasteiger partial charge is 0.300 e. The Bertz CT molecular complexity index is 599. The number of anilines is 1. The maximum Gasteiger partial charge on any atom is 0.300 e. The second-order valence-corrected chi connectivity index (χ2v) is 4.49. The molecule has 1 heterocycles. The zero-order chi connectivity index (χ0) is 14.9. The minimum Gasteiger partial charge on any atom is -0.306 e. The minimum absolute atomic E-state index is 0.207. The van der Waals surface area contributed by atoms with Crippen LogP contribution in [0.5, 0.6) is 0 Å². The lowest BCUT2D eigenvalue weighted by Gasteiger charge is -2.28. The third kappa shape index (κ3) is 2.31. The van der Waals surface area contributed by atoms with Gasteiger partial charge in [-0.1, -0.05) is 6.92 Å². The first-order valence-corrected chi connectivity index (χ1v) is 6.21. The first-order valence-electron chi connectivity index (χ1n) is 6.21. The van der Waals surface area contributed by atoms with Crippen LogP contribution in [0.15, 0.2) is 12.1 Å². The lowest BCUT2D eigenvalue weighted by Crippen LogP contribution is -2.35. The van der Waals surface area contributed by atoms with Gasteiger partial charge in [-0.2, -0.15) is 0 Å². The molecule has 1 aliphatic rings. The monoisotopic (exact) mass is 279 g/mol. The number of carbonyl (C=O) groups excluding carboxylic acids is 1. The number of non-ortho nitro benzene ring substituents is 1. The molecule has 0 atom stereocenters. The molecule has 0 spiro atoms. The summed E-state index contributed by atoms with van der Waals surface area (Å²) < 4.78 is 0. The molecule has 0 aromatic heterocycles. The highest BCUT2D eigenvalue weighted by Crippen LogP contribution is 2.39. The number of benzene rings is 1. The van der Waals surface area contributed by atoms with Crippen LogP contribution in [0.1, 0.15) is 25.3 Å². The van der Waals surface area contributed by atoms with Crippen molar-refractivity contribution >= 4 is 23.0 Å². The molecule has 0 saturated carbocycles. The van der Waals surface area contributed by atoms with Crippen LogP contribution >= 0.6 is 0 Å². The molecule has 1 aliphatic heterocycles. The van der Waals surface area contributed by atoms with Gasteiger partial charge in [0.25, 0.3) is 11.4 Å². The molecular weight excluding hydrogens is 266 g/mol. The van der Waals surface area contributed by atoms with Crippen molar-refractivity contribution in [1.82, 2.24) is 0 Å². The van der Waals surface area contributed by atoms with Crippen LogP contribution in [0.4, 0.5) is 17.1 Å². The number of rotatable bonds is 3. The molecule has 8 nitrogen and oxygen atoms in total. The lowest BCUT2D eigenvalue weighted by molar-refractivity contribution is -0.393. The SMILES string of the molecule is CCC(=O)N1CCCc2cc([N+](=O)[O-])cc([N+](=O)[O-])c21. The number of hydrogen-bond acceptors (Lipinski definition) is 5. The predicted molar refractivity (Wildman–Crippen MR) is 70.7 cm³/mol. The Morgan fingerprint density at radius 1 is 1.30 bits per heavy atom. The Balaban J connectivity index is 2.65. The summed E-state index contributed by atoms with van der Waals surface area (Å²) in [5.41, 5.74) is -0.00500. The van der Waals surface area contributed by atoms with Crippen LogP contribution in [-0.2, 0) is 11.2 Å². The highest BCUT2D eigenvalue weighted by atomic mass is 16.6. The third-order valence-corrected chi connectivity index (χ3v) is 3.26. The summed E-state index contributed by atoms with van der Waals surface area (Å²) in [7, 11) is 0. The van der Waals surface area contributed by atoms with Crippen molar-refractivity contribution in [1.29, 1.82) is 0 Å². The standard InChI is InChI=1S/C12H13N3O5/c1-2-11(16)13-5-3-4-8-6-9(14(17)18)7-10(12(8)13)15(19)20/h6-7H,2-5H2,1H3. The average molecular weight is 279 g/mol. The summed E-state index contributed by atoms with van der Waals surface area (Å²) in [6, 6.07) is 2.23. The number of nitro benzene ring substituents is 2. The maximum atomic E-state index is 11.9. The summed E-state index contributed by atoms with van der Waals surface area (Å²) >= 11 is 0. The minimum atomic E-state index is -0.674. The summed E-state index contributed by atoms with van der Waals surface area (Å²) in [5.74, 6) is -0.220. The Labute approximate surface area is 114 Å². The number of nitrogens with zero attached hydrogens (tertiary/aromatic N) is 3. The van der Waals surface area contributed by atoms with E-state index in [-0.39, 0.29) is 29.4 Å². The molecule has 1 aromatic rings. The van der Waals surface area contributed by atoms with Gasteiger partial charge >= 0.3 is 0 Å². The fourth-order valence-corrected chi connectivity index (χ4v) is 2.39. The van der Waals surface area contributed by atoms with Gasteiger partial charge in [0.05, 0.1) is 15.9 Å². The van der Waals surface area contributed by atoms with Crippen molar-refractivity contribution in [3.63, 3.8) is 0 Å². The van der Waals surface area contributed by atoms with Crippen LogP contribution in [0.2, 0.25) is 0 Å². The molecule has 0 saturated heterocycles. The Kier molecular flexibility index (Phi) is 3.64. The van der Waals surface area contributed by atoms with E-state index in [0.29, 0.717) is 24.9 Å². The number of nitro groups is 2. The van der Waals surface area contributed by atoms with Gasteiger partial charge in [-0.25, -0.2) is 0 Å². The van der Waals surface area contributed by atoms with Gasteiger partial charge in [0.2, 0.25) is 5.91 Å². The largest absolute Gasteiger partial charge is 0.306 e. The van der Waals surface area contributed by atoms with Crippen molar-refractivity contribution < 1.29 is 14.6 Å². The molecule has 0 bridgehead atoms. The number of fused-ring (bicyclic) bond motifs is 1. The molecule has 106 valence electrons. The van der Waals surface area contributed by atoms with Gasteiger partial charge in [-0.05, 0) is 18.4 Å². The molecule has 2 rings (SSSR count). The average Bonchev–Trinajstić information content (AvgIpc) is 2.44. The fourth-order valence-electron chi connectivity index (χ4n) is 2.39. The van der Waals surface area contributed by atoms with Crippen molar-refractivity contribution in [3.8, 4) is 0 Å². The van der Waals surface area contributed by atoms with Gasteiger partial charge < -0.3 is 4.90 Å². The maximum absolute atomic E-state index is 11.9. The molecule has 1 aromatic carbocycles. The quantitative estimate of drug-likeness (QED) is 0.622. The zero-order valence-corrected chi connectivity index (χ0v) is 10.9. The first-order chi connectivity index (χ1) is 9.45. The molecule has 0 N–H and O–H groups in total. The molecule has 8 heteroatoms. The van der Waals surface area contributed by atoms with Crippen molar-refractivity contribution in [2.24, 2.45) is 0 Å². The molecular formula is C12H13N3O5. The van der Waals surface area contributed by atoms with Crippen LogP contribution in [0.25, 0.3) is 0 Å². The summed E-state index contributed by atoms with van der Waals surface area (Å²) in [6.45, 7) is 2.08. The van der Waals surface area contributed by atoms with Crippen LogP contribution in [-0.4, -0.2) is 22.3 Å². The van der Waals surface area contributed by atoms with E-state index < -0.39 is 9.85 Å². The van der Waals surface area contributed by atoms with Gasteiger partial charge in [-0.3, -0.25) is 25.0 Å². The molecule has 0 aliphatic carbocycles. The summed E-state index contributed by atoms with van der Waals surface area (Å²) in [6.07, 6.45) is 1.36. The fraction of sp³-hybridized carbons (Fsp3) is 0.417. The number of carbonyl (C=O) groups is 1. The van der Waals surface area contributed by atoms with E-state index in [2.05, 4.69) is 0 Å². The molecule has 0 fully saturated rings. The number of amides is 1. The van der Waals surface area contributed by atoms with E-state index in [0.717, 1.165) is 6.07 Å². The third-order valence-electron chi connectivity index (χ3n) is 3.26. The second kappa shape index (κ2) is 5.24. The number of hydrogen-bond donors (Lipinski definition) is 0. The number of aryl methyl sites for hydroxylation is 1. The predicted octanol–water partition coefficient (Wildman–Crippen LogP) is 2.19. The van der Waals surface area contributed by atoms with Crippen molar-refractivity contribution in [2.45, 2.75) is 26.2 Å². The van der Waals surface area contributed by atoms with Gasteiger partial charge in [0, 0.05) is 19.0 Å². The van der Waals surface area contributed by atoms with Gasteiger partial charge in [0.1, 0.15) is 5.69 Å². The summed E-state index contributed by atoms with van der Waals surface area (Å²) in [5, 5.41) is 22.0. The van der Waals surface area contributed by atoms with Crippen LogP contribution in [0.3, 0.4) is 0 Å². The van der Waals surface area contributed by atoms with E-state index in [1.54, 1.807) is 6.92 Å². The molecule has 0 radical (unpaired) electrons. The Morgan fingerprint density at radius 2 is 2.00 bits per heavy atom. The van der Waals surface area contributed by atoms with Crippen molar-refractivity contribution in [2.75, 3.05) is 11.4 Å². The Morgan fingerprint density at radius 3 is 2.55 bits per heavy atom. The first kappa shape index (κ1) is 13.9. The van der Waals surface area contributed by atoms with Crippen molar-refractivity contribution in [3.05, 3.63) is 37.9 Å².